The van der Waals surface area contributed by atoms with Crippen LogP contribution in [0.1, 0.15) is 33.1 Å². The molecule has 90 valence electrons. The van der Waals surface area contributed by atoms with Gasteiger partial charge in [0.25, 0.3) is 0 Å². The Hall–Kier alpha value is -0.0900. The van der Waals surface area contributed by atoms with Crippen molar-refractivity contribution in [3.63, 3.8) is 0 Å². The molecule has 1 amide bonds. The molecule has 0 atom stereocenters. The first-order chi connectivity index (χ1) is 7.21. The molecule has 0 heterocycles. The molecule has 0 saturated heterocycles. The van der Waals surface area contributed by atoms with Crippen molar-refractivity contribution in [1.82, 2.24) is 4.90 Å². The highest BCUT2D eigenvalue weighted by atomic mass is 79.9. The molecule has 0 aliphatic carbocycles. The van der Waals surface area contributed by atoms with Gasteiger partial charge < -0.3 is 9.64 Å². The molecule has 0 aromatic heterocycles. The van der Waals surface area contributed by atoms with Crippen LogP contribution in [0.5, 0.6) is 0 Å². The zero-order valence-corrected chi connectivity index (χ0v) is 11.5. The van der Waals surface area contributed by atoms with Gasteiger partial charge >= 0.3 is 0 Å². The summed E-state index contributed by atoms with van der Waals surface area (Å²) in [5.74, 6) is 0.220. The summed E-state index contributed by atoms with van der Waals surface area (Å²) in [5, 5.41) is 0.732. The van der Waals surface area contributed by atoms with Crippen LogP contribution in [0, 0.1) is 0 Å². The first-order valence-electron chi connectivity index (χ1n) is 5.55. The number of amides is 1. The monoisotopic (exact) mass is 279 g/mol. The van der Waals surface area contributed by atoms with Gasteiger partial charge in [0, 0.05) is 31.4 Å². The number of hydrogen-bond acceptors (Lipinski definition) is 2. The maximum atomic E-state index is 11.8. The third-order valence-electron chi connectivity index (χ3n) is 2.55. The van der Waals surface area contributed by atoms with Crippen LogP contribution in [0.4, 0.5) is 0 Å². The fourth-order valence-electron chi connectivity index (χ4n) is 1.65. The molecule has 0 spiro atoms. The Labute approximate surface area is 101 Å². The number of alkyl halides is 1. The maximum absolute atomic E-state index is 11.8. The standard InChI is InChI=1S/C11H22BrNO2/c1-4-10(5-2)13(8-9-15-3)11(14)6-7-12/h10H,4-9H2,1-3H3. The lowest BCUT2D eigenvalue weighted by Gasteiger charge is -2.30. The van der Waals surface area contributed by atoms with Gasteiger partial charge in [0.1, 0.15) is 0 Å². The summed E-state index contributed by atoms with van der Waals surface area (Å²) >= 11 is 3.30. The van der Waals surface area contributed by atoms with E-state index in [1.807, 2.05) is 4.90 Å². The fourth-order valence-corrected chi connectivity index (χ4v) is 1.99. The largest absolute Gasteiger partial charge is 0.383 e. The Balaban J connectivity index is 4.33. The van der Waals surface area contributed by atoms with E-state index in [9.17, 15) is 4.79 Å². The zero-order valence-electron chi connectivity index (χ0n) is 9.96. The van der Waals surface area contributed by atoms with E-state index in [1.165, 1.54) is 0 Å². The Morgan fingerprint density at radius 1 is 1.40 bits per heavy atom. The second kappa shape index (κ2) is 9.16. The van der Waals surface area contributed by atoms with Crippen molar-refractivity contribution in [1.29, 1.82) is 0 Å². The third kappa shape index (κ3) is 5.52. The predicted octanol–water partition coefficient (Wildman–Crippen LogP) is 2.44. The quantitative estimate of drug-likeness (QED) is 0.639. The molecule has 0 aliphatic rings. The number of methoxy groups -OCH3 is 1. The lowest BCUT2D eigenvalue weighted by atomic mass is 10.1. The van der Waals surface area contributed by atoms with Crippen LogP contribution in [-0.2, 0) is 9.53 Å². The number of carbonyl (C=O) groups excluding carboxylic acids is 1. The van der Waals surface area contributed by atoms with Crippen molar-refractivity contribution in [2.75, 3.05) is 25.6 Å². The summed E-state index contributed by atoms with van der Waals surface area (Å²) in [6.07, 6.45) is 2.59. The molecule has 0 fully saturated rings. The minimum absolute atomic E-state index is 0.220. The highest BCUT2D eigenvalue weighted by Gasteiger charge is 2.19. The Bertz CT molecular complexity index is 172. The van der Waals surface area contributed by atoms with Gasteiger partial charge in [-0.2, -0.15) is 0 Å². The fraction of sp³-hybridized carbons (Fsp3) is 0.909. The predicted molar refractivity (Wildman–Crippen MR) is 66.4 cm³/mol. The van der Waals surface area contributed by atoms with Crippen molar-refractivity contribution >= 4 is 21.8 Å². The van der Waals surface area contributed by atoms with E-state index < -0.39 is 0 Å². The van der Waals surface area contributed by atoms with Crippen LogP contribution >= 0.6 is 15.9 Å². The highest BCUT2D eigenvalue weighted by molar-refractivity contribution is 9.09. The molecule has 0 N–H and O–H groups in total. The lowest BCUT2D eigenvalue weighted by molar-refractivity contribution is -0.134. The third-order valence-corrected chi connectivity index (χ3v) is 2.94. The highest BCUT2D eigenvalue weighted by Crippen LogP contribution is 2.10. The van der Waals surface area contributed by atoms with Gasteiger partial charge in [0.2, 0.25) is 5.91 Å². The van der Waals surface area contributed by atoms with Crippen LogP contribution in [0.25, 0.3) is 0 Å². The molecule has 0 radical (unpaired) electrons. The molecule has 0 bridgehead atoms. The van der Waals surface area contributed by atoms with E-state index >= 15 is 0 Å². The second-order valence-corrected chi connectivity index (χ2v) is 4.28. The molecule has 15 heavy (non-hydrogen) atoms. The first-order valence-corrected chi connectivity index (χ1v) is 6.67. The molecular weight excluding hydrogens is 258 g/mol. The van der Waals surface area contributed by atoms with Gasteiger partial charge in [-0.15, -0.1) is 0 Å². The first kappa shape index (κ1) is 14.9. The van der Waals surface area contributed by atoms with E-state index in [4.69, 9.17) is 4.74 Å². The van der Waals surface area contributed by atoms with Crippen LogP contribution in [0.2, 0.25) is 0 Å². The van der Waals surface area contributed by atoms with Crippen LogP contribution in [0.15, 0.2) is 0 Å². The normalized spacial score (nSPS) is 10.7. The van der Waals surface area contributed by atoms with Gasteiger partial charge in [-0.3, -0.25) is 4.79 Å². The molecule has 4 heteroatoms. The Morgan fingerprint density at radius 3 is 2.40 bits per heavy atom. The number of carbonyl (C=O) groups is 1. The van der Waals surface area contributed by atoms with Crippen LogP contribution in [-0.4, -0.2) is 42.4 Å². The number of halogens is 1. The van der Waals surface area contributed by atoms with Crippen molar-refractivity contribution in [2.24, 2.45) is 0 Å². The minimum Gasteiger partial charge on any atom is -0.383 e. The minimum atomic E-state index is 0.220. The molecule has 0 rings (SSSR count). The van der Waals surface area contributed by atoms with E-state index in [-0.39, 0.29) is 5.91 Å². The SMILES string of the molecule is CCC(CC)N(CCOC)C(=O)CCBr. The smallest absolute Gasteiger partial charge is 0.223 e. The lowest BCUT2D eigenvalue weighted by Crippen LogP contribution is -2.41. The molecule has 0 unspecified atom stereocenters. The molecule has 0 aromatic rings. The molecule has 3 nitrogen and oxygen atoms in total. The summed E-state index contributed by atoms with van der Waals surface area (Å²) in [6, 6.07) is 0.353. The number of nitrogens with zero attached hydrogens (tertiary/aromatic N) is 1. The maximum Gasteiger partial charge on any atom is 0.223 e. The van der Waals surface area contributed by atoms with Gasteiger partial charge in [0.15, 0.2) is 0 Å². The summed E-state index contributed by atoms with van der Waals surface area (Å²) < 4.78 is 5.03. The van der Waals surface area contributed by atoms with Gasteiger partial charge in [-0.05, 0) is 12.8 Å². The van der Waals surface area contributed by atoms with Crippen molar-refractivity contribution < 1.29 is 9.53 Å². The van der Waals surface area contributed by atoms with E-state index in [0.29, 0.717) is 25.6 Å². The molecule has 0 aliphatic heterocycles. The summed E-state index contributed by atoms with van der Waals surface area (Å²) in [6.45, 7) is 5.56. The number of hydrogen-bond donors (Lipinski definition) is 0. The summed E-state index contributed by atoms with van der Waals surface area (Å²) in [5.41, 5.74) is 0. The Morgan fingerprint density at radius 2 is 2.00 bits per heavy atom. The zero-order chi connectivity index (χ0) is 11.7. The van der Waals surface area contributed by atoms with Gasteiger partial charge in [-0.1, -0.05) is 29.8 Å². The number of rotatable bonds is 8. The second-order valence-electron chi connectivity index (χ2n) is 3.49. The van der Waals surface area contributed by atoms with E-state index in [1.54, 1.807) is 7.11 Å². The van der Waals surface area contributed by atoms with Gasteiger partial charge in [0.05, 0.1) is 6.61 Å². The van der Waals surface area contributed by atoms with Crippen molar-refractivity contribution in [3.8, 4) is 0 Å². The van der Waals surface area contributed by atoms with Crippen LogP contribution < -0.4 is 0 Å². The summed E-state index contributed by atoms with van der Waals surface area (Å²) in [4.78, 5) is 13.8. The van der Waals surface area contributed by atoms with Gasteiger partial charge in [-0.25, -0.2) is 0 Å². The topological polar surface area (TPSA) is 29.5 Å². The molecule has 0 aromatic carbocycles. The summed E-state index contributed by atoms with van der Waals surface area (Å²) in [7, 11) is 1.67. The van der Waals surface area contributed by atoms with Crippen molar-refractivity contribution in [3.05, 3.63) is 0 Å². The van der Waals surface area contributed by atoms with E-state index in [2.05, 4.69) is 29.8 Å². The van der Waals surface area contributed by atoms with Crippen molar-refractivity contribution in [2.45, 2.75) is 39.2 Å². The average molecular weight is 280 g/mol. The average Bonchev–Trinajstić information content (AvgIpc) is 2.24. The Kier molecular flexibility index (Phi) is 9.10. The van der Waals surface area contributed by atoms with E-state index in [0.717, 1.165) is 18.2 Å². The molecule has 0 saturated carbocycles. The number of ether oxygens (including phenoxy) is 1. The van der Waals surface area contributed by atoms with Crippen LogP contribution in [0.3, 0.4) is 0 Å². The molecular formula is C11H22BrNO2.